The highest BCUT2D eigenvalue weighted by atomic mass is 79.9. The topological polar surface area (TPSA) is 71.5 Å². The fourth-order valence-electron chi connectivity index (χ4n) is 2.08. The Morgan fingerprint density at radius 2 is 1.46 bits per heavy atom. The van der Waals surface area contributed by atoms with Crippen molar-refractivity contribution in [1.82, 2.24) is 19.9 Å². The van der Waals surface area contributed by atoms with Gasteiger partial charge in [0.2, 0.25) is 0 Å². The van der Waals surface area contributed by atoms with E-state index < -0.39 is 5.82 Å². The van der Waals surface area contributed by atoms with E-state index in [1.807, 2.05) is 0 Å². The number of hydrogen-bond donors (Lipinski definition) is 1. The second kappa shape index (κ2) is 7.73. The van der Waals surface area contributed by atoms with Gasteiger partial charge in [0.25, 0.3) is 5.56 Å². The molecule has 4 aromatic rings. The molecule has 5 nitrogen and oxygen atoms in total. The van der Waals surface area contributed by atoms with Crippen LogP contribution < -0.4 is 5.56 Å². The molecule has 0 atom stereocenters. The molecule has 0 unspecified atom stereocenters. The van der Waals surface area contributed by atoms with Gasteiger partial charge in [0.05, 0.1) is 31.7 Å². The summed E-state index contributed by atoms with van der Waals surface area (Å²) in [4.78, 5) is 25.1. The highest BCUT2D eigenvalue weighted by Crippen LogP contribution is 2.25. The van der Waals surface area contributed by atoms with E-state index in [1.165, 1.54) is 30.9 Å². The van der Waals surface area contributed by atoms with Crippen molar-refractivity contribution in [1.29, 1.82) is 0 Å². The zero-order chi connectivity index (χ0) is 18.8. The number of halogens is 5. The third-order valence-corrected chi connectivity index (χ3v) is 4.83. The standard InChI is InChI=1S/C8H3BrClFN2.C8H4BrFN2O/c9-5-1-4-7(2-6(5)11)12-3-13-8(4)10;9-5-1-4-7(2-6(5)10)11-3-12-8(4)13/h1-3H;1-3H,(H,11,12,13). The summed E-state index contributed by atoms with van der Waals surface area (Å²) in [6.45, 7) is 0. The number of fused-ring (bicyclic) bond motifs is 2. The maximum atomic E-state index is 13.0. The summed E-state index contributed by atoms with van der Waals surface area (Å²) >= 11 is 11.8. The quantitative estimate of drug-likeness (QED) is 0.342. The van der Waals surface area contributed by atoms with E-state index in [2.05, 4.69) is 51.8 Å². The molecule has 0 radical (unpaired) electrons. The Bertz CT molecular complexity index is 1190. The minimum atomic E-state index is -0.425. The lowest BCUT2D eigenvalue weighted by atomic mass is 10.2. The van der Waals surface area contributed by atoms with Crippen LogP contribution in [0.25, 0.3) is 21.8 Å². The summed E-state index contributed by atoms with van der Waals surface area (Å²) in [6.07, 6.45) is 2.55. The molecule has 0 aliphatic rings. The van der Waals surface area contributed by atoms with Crippen molar-refractivity contribution in [3.8, 4) is 0 Å². The second-order valence-corrected chi connectivity index (χ2v) is 7.03. The van der Waals surface area contributed by atoms with Crippen LogP contribution in [0.3, 0.4) is 0 Å². The van der Waals surface area contributed by atoms with Crippen molar-refractivity contribution in [3.63, 3.8) is 0 Å². The lowest BCUT2D eigenvalue weighted by Crippen LogP contribution is -2.06. The van der Waals surface area contributed by atoms with E-state index in [0.717, 1.165) is 0 Å². The van der Waals surface area contributed by atoms with Gasteiger partial charge in [-0.1, -0.05) is 11.6 Å². The molecule has 26 heavy (non-hydrogen) atoms. The van der Waals surface area contributed by atoms with E-state index in [0.29, 0.717) is 31.4 Å². The van der Waals surface area contributed by atoms with Gasteiger partial charge in [-0.2, -0.15) is 0 Å². The lowest BCUT2D eigenvalue weighted by molar-refractivity contribution is 0.622. The van der Waals surface area contributed by atoms with Crippen LogP contribution in [-0.4, -0.2) is 19.9 Å². The van der Waals surface area contributed by atoms with E-state index >= 15 is 0 Å². The Kier molecular flexibility index (Phi) is 5.59. The molecule has 0 saturated heterocycles. The van der Waals surface area contributed by atoms with E-state index in [4.69, 9.17) is 11.6 Å². The average molecular weight is 505 g/mol. The third-order valence-electron chi connectivity index (χ3n) is 3.31. The van der Waals surface area contributed by atoms with Gasteiger partial charge in [-0.3, -0.25) is 4.79 Å². The lowest BCUT2D eigenvalue weighted by Gasteiger charge is -1.99. The summed E-state index contributed by atoms with van der Waals surface area (Å²) in [7, 11) is 0. The maximum Gasteiger partial charge on any atom is 0.258 e. The van der Waals surface area contributed by atoms with E-state index in [-0.39, 0.29) is 15.8 Å². The number of nitrogens with one attached hydrogen (secondary N) is 1. The van der Waals surface area contributed by atoms with Crippen LogP contribution in [0, 0.1) is 11.6 Å². The second-order valence-electron chi connectivity index (χ2n) is 4.96. The number of nitrogens with zero attached hydrogens (tertiary/aromatic N) is 3. The van der Waals surface area contributed by atoms with Gasteiger partial charge < -0.3 is 4.98 Å². The van der Waals surface area contributed by atoms with Crippen LogP contribution >= 0.6 is 43.5 Å². The normalized spacial score (nSPS) is 10.7. The first-order valence-electron chi connectivity index (χ1n) is 6.94. The molecule has 132 valence electrons. The molecule has 2 aromatic carbocycles. The van der Waals surface area contributed by atoms with Gasteiger partial charge in [-0.25, -0.2) is 23.7 Å². The summed E-state index contributed by atoms with van der Waals surface area (Å²) < 4.78 is 26.6. The molecule has 0 spiro atoms. The van der Waals surface area contributed by atoms with Gasteiger partial charge in [-0.05, 0) is 44.0 Å². The molecular weight excluding hydrogens is 497 g/mol. The first-order chi connectivity index (χ1) is 12.4. The molecule has 1 N–H and O–H groups in total. The third kappa shape index (κ3) is 3.89. The van der Waals surface area contributed by atoms with Crippen molar-refractivity contribution < 1.29 is 8.78 Å². The Morgan fingerprint density at radius 1 is 0.885 bits per heavy atom. The van der Waals surface area contributed by atoms with Crippen molar-refractivity contribution in [2.75, 3.05) is 0 Å². The smallest absolute Gasteiger partial charge is 0.258 e. The Morgan fingerprint density at radius 3 is 2.12 bits per heavy atom. The number of rotatable bonds is 0. The van der Waals surface area contributed by atoms with Crippen LogP contribution in [-0.2, 0) is 0 Å². The SMILES string of the molecule is Fc1cc2ncnc(Cl)c2cc1Br.O=c1[nH]cnc2cc(F)c(Br)cc12. The summed E-state index contributed by atoms with van der Waals surface area (Å²) in [5.41, 5.74) is 0.579. The molecule has 0 fully saturated rings. The Labute approximate surface area is 166 Å². The first-order valence-corrected chi connectivity index (χ1v) is 8.91. The van der Waals surface area contributed by atoms with Crippen LogP contribution in [0.1, 0.15) is 0 Å². The highest BCUT2D eigenvalue weighted by molar-refractivity contribution is 9.10. The molecule has 10 heteroatoms. The highest BCUT2D eigenvalue weighted by Gasteiger charge is 2.06. The Hall–Kier alpha value is -1.97. The van der Waals surface area contributed by atoms with Crippen LogP contribution in [0.15, 0.2) is 50.7 Å². The summed E-state index contributed by atoms with van der Waals surface area (Å²) in [5, 5.41) is 1.33. The van der Waals surface area contributed by atoms with Crippen molar-refractivity contribution in [3.05, 3.63) is 73.0 Å². The maximum absolute atomic E-state index is 13.0. The van der Waals surface area contributed by atoms with Gasteiger partial charge >= 0.3 is 0 Å². The fourth-order valence-corrected chi connectivity index (χ4v) is 2.96. The number of aromatic nitrogens is 4. The molecule has 2 aromatic heterocycles. The molecular formula is C16H7Br2ClF2N4O. The van der Waals surface area contributed by atoms with Gasteiger partial charge in [0, 0.05) is 17.5 Å². The largest absolute Gasteiger partial charge is 0.313 e. The minimum absolute atomic E-state index is 0.263. The van der Waals surface area contributed by atoms with Crippen LogP contribution in [0.5, 0.6) is 0 Å². The molecule has 0 aliphatic carbocycles. The number of hydrogen-bond acceptors (Lipinski definition) is 4. The van der Waals surface area contributed by atoms with Crippen molar-refractivity contribution in [2.45, 2.75) is 0 Å². The summed E-state index contributed by atoms with van der Waals surface area (Å²) in [6, 6.07) is 5.51. The monoisotopic (exact) mass is 502 g/mol. The minimum Gasteiger partial charge on any atom is -0.313 e. The van der Waals surface area contributed by atoms with E-state index in [9.17, 15) is 13.6 Å². The van der Waals surface area contributed by atoms with Crippen LogP contribution in [0.2, 0.25) is 5.15 Å². The number of benzene rings is 2. The van der Waals surface area contributed by atoms with Crippen molar-refractivity contribution >= 4 is 65.3 Å². The molecule has 0 saturated carbocycles. The number of H-pyrrole nitrogens is 1. The summed E-state index contributed by atoms with van der Waals surface area (Å²) in [5.74, 6) is -0.784. The molecule has 0 aliphatic heterocycles. The van der Waals surface area contributed by atoms with E-state index in [1.54, 1.807) is 6.07 Å². The molecule has 2 heterocycles. The zero-order valence-electron chi connectivity index (χ0n) is 12.6. The first kappa shape index (κ1) is 18.8. The number of aromatic amines is 1. The predicted molar refractivity (Wildman–Crippen MR) is 102 cm³/mol. The van der Waals surface area contributed by atoms with Gasteiger partial charge in [0.15, 0.2) is 0 Å². The molecule has 0 amide bonds. The molecule has 0 bridgehead atoms. The van der Waals surface area contributed by atoms with Gasteiger partial charge in [0.1, 0.15) is 23.1 Å². The zero-order valence-corrected chi connectivity index (χ0v) is 16.5. The van der Waals surface area contributed by atoms with Gasteiger partial charge in [-0.15, -0.1) is 0 Å². The fraction of sp³-hybridized carbons (Fsp3) is 0. The van der Waals surface area contributed by atoms with Crippen molar-refractivity contribution in [2.24, 2.45) is 0 Å². The predicted octanol–water partition coefficient (Wildman–Crippen LogP) is 5.01. The Balaban J connectivity index is 0.000000151. The average Bonchev–Trinajstić information content (AvgIpc) is 2.60. The van der Waals surface area contributed by atoms with Crippen LogP contribution in [0.4, 0.5) is 8.78 Å². The molecule has 4 rings (SSSR count).